The Hall–Kier alpha value is -2.33. The first-order chi connectivity index (χ1) is 14.3. The highest BCUT2D eigenvalue weighted by atomic mass is 35.5. The summed E-state index contributed by atoms with van der Waals surface area (Å²) in [6.07, 6.45) is 2.00. The molecule has 0 bridgehead atoms. The van der Waals surface area contributed by atoms with Crippen molar-refractivity contribution in [2.45, 2.75) is 59.5 Å². The van der Waals surface area contributed by atoms with E-state index in [1.54, 1.807) is 17.9 Å². The first kappa shape index (κ1) is 23.9. The Bertz CT molecular complexity index is 833. The molecule has 2 aromatic rings. The smallest absolute Gasteiger partial charge is 0.242 e. The number of amides is 2. The largest absolute Gasteiger partial charge is 0.354 e. The summed E-state index contributed by atoms with van der Waals surface area (Å²) in [6, 6.07) is 15.2. The molecule has 0 aliphatic rings. The van der Waals surface area contributed by atoms with Crippen LogP contribution in [0, 0.1) is 5.92 Å². The monoisotopic (exact) mass is 428 g/mol. The molecule has 4 nitrogen and oxygen atoms in total. The van der Waals surface area contributed by atoms with Crippen molar-refractivity contribution in [2.24, 2.45) is 5.92 Å². The highest BCUT2D eigenvalue weighted by Gasteiger charge is 2.26. The van der Waals surface area contributed by atoms with Gasteiger partial charge in [-0.05, 0) is 54.5 Å². The number of carbonyl (C=O) groups excluding carboxylic acids is 2. The predicted octanol–water partition coefficient (Wildman–Crippen LogP) is 5.02. The van der Waals surface area contributed by atoms with E-state index in [2.05, 4.69) is 36.5 Å². The summed E-state index contributed by atoms with van der Waals surface area (Å²) in [7, 11) is 0. The van der Waals surface area contributed by atoms with Crippen LogP contribution in [0.25, 0.3) is 0 Å². The summed E-state index contributed by atoms with van der Waals surface area (Å²) in [5.41, 5.74) is 3.31. The van der Waals surface area contributed by atoms with Crippen LogP contribution in [0.4, 0.5) is 0 Å². The zero-order chi connectivity index (χ0) is 22.1. The Morgan fingerprint density at radius 3 is 2.27 bits per heavy atom. The zero-order valence-electron chi connectivity index (χ0n) is 18.5. The molecule has 0 aliphatic heterocycles. The van der Waals surface area contributed by atoms with Gasteiger partial charge in [0.1, 0.15) is 6.04 Å². The topological polar surface area (TPSA) is 49.4 Å². The minimum Gasteiger partial charge on any atom is -0.354 e. The van der Waals surface area contributed by atoms with Gasteiger partial charge in [-0.2, -0.15) is 0 Å². The lowest BCUT2D eigenvalue weighted by Crippen LogP contribution is -2.48. The Morgan fingerprint density at radius 1 is 1.00 bits per heavy atom. The molecule has 0 spiro atoms. The molecule has 2 amide bonds. The third-order valence-electron chi connectivity index (χ3n) is 5.15. The van der Waals surface area contributed by atoms with Crippen LogP contribution < -0.4 is 5.32 Å². The van der Waals surface area contributed by atoms with E-state index in [0.717, 1.165) is 17.5 Å². The number of aryl methyl sites for hydroxylation is 2. The molecule has 1 N–H and O–H groups in total. The number of carbonyl (C=O) groups is 2. The molecule has 0 fully saturated rings. The Kier molecular flexibility index (Phi) is 9.38. The fourth-order valence-corrected chi connectivity index (χ4v) is 3.42. The maximum absolute atomic E-state index is 13.1. The summed E-state index contributed by atoms with van der Waals surface area (Å²) in [5.74, 6) is 0.178. The van der Waals surface area contributed by atoms with E-state index in [1.165, 1.54) is 5.56 Å². The van der Waals surface area contributed by atoms with Crippen molar-refractivity contribution in [3.05, 3.63) is 70.2 Å². The summed E-state index contributed by atoms with van der Waals surface area (Å²) < 4.78 is 0. The second-order valence-corrected chi connectivity index (χ2v) is 8.57. The predicted molar refractivity (Wildman–Crippen MR) is 123 cm³/mol. The molecule has 0 heterocycles. The van der Waals surface area contributed by atoms with E-state index < -0.39 is 6.04 Å². The summed E-state index contributed by atoms with van der Waals surface area (Å²) >= 11 is 6.12. The van der Waals surface area contributed by atoms with E-state index in [0.29, 0.717) is 36.9 Å². The lowest BCUT2D eigenvalue weighted by molar-refractivity contribution is -0.140. The van der Waals surface area contributed by atoms with Gasteiger partial charge < -0.3 is 10.2 Å². The molecule has 162 valence electrons. The van der Waals surface area contributed by atoms with Gasteiger partial charge in [-0.3, -0.25) is 9.59 Å². The number of halogens is 1. The van der Waals surface area contributed by atoms with Crippen molar-refractivity contribution in [3.8, 4) is 0 Å². The van der Waals surface area contributed by atoms with E-state index in [-0.39, 0.29) is 11.8 Å². The van der Waals surface area contributed by atoms with E-state index in [1.807, 2.05) is 32.0 Å². The number of hydrogen-bond donors (Lipinski definition) is 1. The van der Waals surface area contributed by atoms with Crippen LogP contribution in [0.3, 0.4) is 0 Å². The van der Waals surface area contributed by atoms with Gasteiger partial charge in [0.2, 0.25) is 11.8 Å². The van der Waals surface area contributed by atoms with Crippen LogP contribution in [-0.2, 0) is 29.0 Å². The van der Waals surface area contributed by atoms with Crippen LogP contribution in [0.15, 0.2) is 48.5 Å². The van der Waals surface area contributed by atoms with Gasteiger partial charge >= 0.3 is 0 Å². The number of rotatable bonds is 10. The third-order valence-corrected chi connectivity index (χ3v) is 5.39. The molecule has 0 radical (unpaired) electrons. The summed E-state index contributed by atoms with van der Waals surface area (Å²) in [5, 5.41) is 3.56. The van der Waals surface area contributed by atoms with Crippen molar-refractivity contribution >= 4 is 23.4 Å². The first-order valence-corrected chi connectivity index (χ1v) is 11.1. The fourth-order valence-electron chi connectivity index (χ4n) is 3.20. The molecule has 0 saturated carbocycles. The lowest BCUT2D eigenvalue weighted by Gasteiger charge is -2.29. The molecule has 2 rings (SSSR count). The van der Waals surface area contributed by atoms with Crippen LogP contribution in [0.1, 0.15) is 50.8 Å². The molecule has 0 aliphatic carbocycles. The van der Waals surface area contributed by atoms with Crippen molar-refractivity contribution < 1.29 is 9.59 Å². The molecule has 0 aromatic heterocycles. The minimum atomic E-state index is -0.558. The second kappa shape index (κ2) is 11.8. The van der Waals surface area contributed by atoms with Crippen LogP contribution >= 0.6 is 11.6 Å². The Balaban J connectivity index is 2.11. The van der Waals surface area contributed by atoms with Crippen molar-refractivity contribution in [2.75, 3.05) is 6.54 Å². The minimum absolute atomic E-state index is 0.0401. The maximum atomic E-state index is 13.1. The molecule has 0 saturated heterocycles. The van der Waals surface area contributed by atoms with Gasteiger partial charge in [0, 0.05) is 24.5 Å². The highest BCUT2D eigenvalue weighted by molar-refractivity contribution is 6.30. The summed E-state index contributed by atoms with van der Waals surface area (Å²) in [4.78, 5) is 27.4. The fraction of sp³-hybridized carbons (Fsp3) is 0.440. The van der Waals surface area contributed by atoms with Gasteiger partial charge in [0.15, 0.2) is 0 Å². The quantitative estimate of drug-likeness (QED) is 0.577. The zero-order valence-corrected chi connectivity index (χ0v) is 19.2. The van der Waals surface area contributed by atoms with Gasteiger partial charge in [0.25, 0.3) is 0 Å². The van der Waals surface area contributed by atoms with Crippen LogP contribution in [0.5, 0.6) is 0 Å². The van der Waals surface area contributed by atoms with Crippen molar-refractivity contribution in [1.29, 1.82) is 0 Å². The Labute approximate surface area is 185 Å². The molecular weight excluding hydrogens is 396 g/mol. The number of nitrogens with one attached hydrogen (secondary N) is 1. The normalized spacial score (nSPS) is 11.9. The average molecular weight is 429 g/mol. The van der Waals surface area contributed by atoms with Gasteiger partial charge in [0.05, 0.1) is 0 Å². The van der Waals surface area contributed by atoms with E-state index in [9.17, 15) is 9.59 Å². The molecule has 1 unspecified atom stereocenters. The third kappa shape index (κ3) is 7.49. The number of benzene rings is 2. The standard InChI is InChI=1S/C25H33ClN2O2/c1-5-20-9-11-21(12-10-20)13-14-24(29)28(17-22-7-6-8-23(26)15-22)19(4)25(30)27-16-18(2)3/h6-12,15,18-19H,5,13-14,16-17H2,1-4H3,(H,27,30). The van der Waals surface area contributed by atoms with Crippen LogP contribution in [0.2, 0.25) is 5.02 Å². The molecule has 1 atom stereocenters. The van der Waals surface area contributed by atoms with E-state index >= 15 is 0 Å². The average Bonchev–Trinajstić information content (AvgIpc) is 2.74. The Morgan fingerprint density at radius 2 is 1.67 bits per heavy atom. The van der Waals surface area contributed by atoms with Crippen molar-refractivity contribution in [3.63, 3.8) is 0 Å². The first-order valence-electron chi connectivity index (χ1n) is 10.7. The second-order valence-electron chi connectivity index (χ2n) is 8.14. The van der Waals surface area contributed by atoms with Gasteiger partial charge in [-0.1, -0.05) is 68.8 Å². The molecule has 2 aromatic carbocycles. The van der Waals surface area contributed by atoms with Gasteiger partial charge in [-0.25, -0.2) is 0 Å². The molecule has 5 heteroatoms. The van der Waals surface area contributed by atoms with E-state index in [4.69, 9.17) is 11.6 Å². The molecule has 30 heavy (non-hydrogen) atoms. The highest BCUT2D eigenvalue weighted by Crippen LogP contribution is 2.17. The summed E-state index contributed by atoms with van der Waals surface area (Å²) in [6.45, 7) is 8.94. The number of hydrogen-bond acceptors (Lipinski definition) is 2. The lowest BCUT2D eigenvalue weighted by atomic mass is 10.0. The molecular formula is C25H33ClN2O2. The number of nitrogens with zero attached hydrogens (tertiary/aromatic N) is 1. The maximum Gasteiger partial charge on any atom is 0.242 e. The SMILES string of the molecule is CCc1ccc(CCC(=O)N(Cc2cccc(Cl)c2)C(C)C(=O)NCC(C)C)cc1. The van der Waals surface area contributed by atoms with Crippen LogP contribution in [-0.4, -0.2) is 29.3 Å². The van der Waals surface area contributed by atoms with Gasteiger partial charge in [-0.15, -0.1) is 0 Å². The van der Waals surface area contributed by atoms with Crippen molar-refractivity contribution in [1.82, 2.24) is 10.2 Å².